The number of aryl methyl sites for hydroxylation is 1. The molecule has 27 heavy (non-hydrogen) atoms. The van der Waals surface area contributed by atoms with Crippen LogP contribution in [0.4, 0.5) is 11.4 Å². The van der Waals surface area contributed by atoms with Gasteiger partial charge in [0.05, 0.1) is 21.0 Å². The van der Waals surface area contributed by atoms with Crippen molar-refractivity contribution < 1.29 is 9.72 Å². The van der Waals surface area contributed by atoms with Gasteiger partial charge in [-0.3, -0.25) is 19.7 Å². The molecule has 0 unspecified atom stereocenters. The van der Waals surface area contributed by atoms with Crippen molar-refractivity contribution in [1.29, 1.82) is 0 Å². The number of nitro benzene ring substituents is 1. The number of aromatic amines is 1. The second kappa shape index (κ2) is 6.51. The number of aromatic nitrogens is 1. The summed E-state index contributed by atoms with van der Waals surface area (Å²) in [5.74, 6) is -0.563. The Labute approximate surface area is 158 Å². The number of H-pyrrole nitrogens is 1. The first kappa shape index (κ1) is 17.2. The molecule has 1 amide bonds. The summed E-state index contributed by atoms with van der Waals surface area (Å²) < 4.78 is 0. The summed E-state index contributed by atoms with van der Waals surface area (Å²) >= 11 is 6.01. The highest BCUT2D eigenvalue weighted by atomic mass is 35.5. The predicted molar refractivity (Wildman–Crippen MR) is 103 cm³/mol. The molecule has 1 aliphatic rings. The Bertz CT molecular complexity index is 1170. The number of amides is 1. The highest BCUT2D eigenvalue weighted by molar-refractivity contribution is 6.34. The average Bonchev–Trinajstić information content (AvgIpc) is 3.12. The Morgan fingerprint density at radius 1 is 1.15 bits per heavy atom. The van der Waals surface area contributed by atoms with Crippen molar-refractivity contribution in [2.24, 2.45) is 0 Å². The summed E-state index contributed by atoms with van der Waals surface area (Å²) in [7, 11) is 0. The number of fused-ring (bicyclic) bond motifs is 3. The Morgan fingerprint density at radius 3 is 2.70 bits per heavy atom. The molecule has 1 heterocycles. The molecule has 0 bridgehead atoms. The number of carbonyl (C=O) groups excluding carboxylic acids is 1. The molecule has 136 valence electrons. The Morgan fingerprint density at radius 2 is 1.93 bits per heavy atom. The number of anilines is 1. The van der Waals surface area contributed by atoms with Gasteiger partial charge in [0.2, 0.25) is 0 Å². The first-order chi connectivity index (χ1) is 12.9. The second-order valence-electron chi connectivity index (χ2n) is 6.40. The van der Waals surface area contributed by atoms with E-state index in [0.717, 1.165) is 41.8 Å². The van der Waals surface area contributed by atoms with Gasteiger partial charge in [0.15, 0.2) is 0 Å². The van der Waals surface area contributed by atoms with Crippen molar-refractivity contribution in [3.63, 3.8) is 0 Å². The van der Waals surface area contributed by atoms with Crippen LogP contribution in [0.2, 0.25) is 5.02 Å². The normalized spacial score (nSPS) is 12.8. The molecule has 0 atom stereocenters. The van der Waals surface area contributed by atoms with Crippen molar-refractivity contribution in [3.05, 3.63) is 78.6 Å². The molecule has 7 nitrogen and oxygen atoms in total. The molecule has 4 rings (SSSR count). The maximum atomic E-state index is 12.5. The fourth-order valence-corrected chi connectivity index (χ4v) is 3.68. The van der Waals surface area contributed by atoms with Crippen LogP contribution in [0.5, 0.6) is 0 Å². The molecule has 0 aliphatic heterocycles. The molecule has 1 aromatic heterocycles. The zero-order valence-electron chi connectivity index (χ0n) is 14.0. The minimum atomic E-state index is -0.589. The Kier molecular flexibility index (Phi) is 4.16. The van der Waals surface area contributed by atoms with Crippen molar-refractivity contribution in [2.45, 2.75) is 19.3 Å². The molecule has 0 radical (unpaired) electrons. The van der Waals surface area contributed by atoms with E-state index < -0.39 is 10.8 Å². The lowest BCUT2D eigenvalue weighted by molar-refractivity contribution is -0.384. The predicted octanol–water partition coefficient (Wildman–Crippen LogP) is 3.83. The van der Waals surface area contributed by atoms with Gasteiger partial charge in [-0.1, -0.05) is 17.7 Å². The molecule has 0 spiro atoms. The van der Waals surface area contributed by atoms with E-state index in [4.69, 9.17) is 11.6 Å². The number of nitro groups is 1. The minimum Gasteiger partial charge on any atom is -0.322 e. The number of benzene rings is 2. The van der Waals surface area contributed by atoms with E-state index >= 15 is 0 Å². The van der Waals surface area contributed by atoms with Gasteiger partial charge in [-0.05, 0) is 43.0 Å². The maximum absolute atomic E-state index is 12.5. The van der Waals surface area contributed by atoms with Crippen LogP contribution in [0.25, 0.3) is 10.9 Å². The summed E-state index contributed by atoms with van der Waals surface area (Å²) in [6.45, 7) is 0. The van der Waals surface area contributed by atoms with E-state index in [2.05, 4.69) is 10.3 Å². The molecule has 0 saturated heterocycles. The lowest BCUT2D eigenvalue weighted by atomic mass is 10.1. The summed E-state index contributed by atoms with van der Waals surface area (Å²) in [5.41, 5.74) is 2.69. The standard InChI is InChI=1S/C19H14ClN3O4/c20-16-7-5-11(23(26)27)9-15(16)19(25)21-10-4-6-13-12-2-1-3-14(12)18(24)22-17(13)8-10/h4-9H,1-3H2,(H,21,25)(H,22,24). The van der Waals surface area contributed by atoms with Crippen LogP contribution in [-0.2, 0) is 12.8 Å². The van der Waals surface area contributed by atoms with Gasteiger partial charge in [0.1, 0.15) is 0 Å². The maximum Gasteiger partial charge on any atom is 0.270 e. The van der Waals surface area contributed by atoms with Crippen molar-refractivity contribution in [3.8, 4) is 0 Å². The average molecular weight is 384 g/mol. The number of carbonyl (C=O) groups is 1. The van der Waals surface area contributed by atoms with Gasteiger partial charge in [-0.25, -0.2) is 0 Å². The second-order valence-corrected chi connectivity index (χ2v) is 6.81. The molecule has 0 fully saturated rings. The summed E-state index contributed by atoms with van der Waals surface area (Å²) in [6, 6.07) is 8.96. The van der Waals surface area contributed by atoms with Crippen LogP contribution in [0.1, 0.15) is 27.9 Å². The van der Waals surface area contributed by atoms with Gasteiger partial charge in [0, 0.05) is 28.8 Å². The van der Waals surface area contributed by atoms with Crippen LogP contribution in [0, 0.1) is 10.1 Å². The van der Waals surface area contributed by atoms with E-state index in [9.17, 15) is 19.7 Å². The van der Waals surface area contributed by atoms with Crippen molar-refractivity contribution >= 4 is 39.8 Å². The number of hydrogen-bond acceptors (Lipinski definition) is 4. The number of rotatable bonds is 3. The molecule has 2 N–H and O–H groups in total. The minimum absolute atomic E-state index is 0.00779. The van der Waals surface area contributed by atoms with Crippen molar-refractivity contribution in [1.82, 2.24) is 4.98 Å². The quantitative estimate of drug-likeness (QED) is 0.529. The fourth-order valence-electron chi connectivity index (χ4n) is 3.48. The number of pyridine rings is 1. The molecule has 8 heteroatoms. The van der Waals surface area contributed by atoms with E-state index in [1.807, 2.05) is 6.07 Å². The molecule has 3 aromatic rings. The third-order valence-corrected chi connectivity index (χ3v) is 5.08. The third-order valence-electron chi connectivity index (χ3n) is 4.75. The van der Waals surface area contributed by atoms with Gasteiger partial charge >= 0.3 is 0 Å². The van der Waals surface area contributed by atoms with E-state index in [1.54, 1.807) is 12.1 Å². The molecular weight excluding hydrogens is 370 g/mol. The lowest BCUT2D eigenvalue weighted by Crippen LogP contribution is -2.14. The zero-order chi connectivity index (χ0) is 19.1. The molecular formula is C19H14ClN3O4. The number of nitrogens with one attached hydrogen (secondary N) is 2. The zero-order valence-corrected chi connectivity index (χ0v) is 14.8. The Balaban J connectivity index is 1.69. The summed E-state index contributed by atoms with van der Waals surface area (Å²) in [5, 5.41) is 14.7. The van der Waals surface area contributed by atoms with E-state index in [0.29, 0.717) is 11.2 Å². The van der Waals surface area contributed by atoms with Crippen molar-refractivity contribution in [2.75, 3.05) is 5.32 Å². The number of nitrogens with zero attached hydrogens (tertiary/aromatic N) is 1. The van der Waals surface area contributed by atoms with Crippen LogP contribution in [-0.4, -0.2) is 15.8 Å². The molecule has 1 aliphatic carbocycles. The Hall–Kier alpha value is -3.19. The number of non-ortho nitro benzene ring substituents is 1. The van der Waals surface area contributed by atoms with Gasteiger partial charge < -0.3 is 10.3 Å². The molecule has 2 aromatic carbocycles. The van der Waals surface area contributed by atoms with E-state index in [-0.39, 0.29) is 21.8 Å². The number of hydrogen-bond donors (Lipinski definition) is 2. The summed E-state index contributed by atoms with van der Waals surface area (Å²) in [4.78, 5) is 37.9. The van der Waals surface area contributed by atoms with Crippen LogP contribution in [0.15, 0.2) is 41.2 Å². The van der Waals surface area contributed by atoms with E-state index in [1.165, 1.54) is 12.1 Å². The highest BCUT2D eigenvalue weighted by Crippen LogP contribution is 2.28. The number of halogens is 1. The highest BCUT2D eigenvalue weighted by Gasteiger charge is 2.19. The van der Waals surface area contributed by atoms with Crippen LogP contribution in [0.3, 0.4) is 0 Å². The lowest BCUT2D eigenvalue weighted by Gasteiger charge is -2.10. The first-order valence-electron chi connectivity index (χ1n) is 8.37. The largest absolute Gasteiger partial charge is 0.322 e. The SMILES string of the molecule is O=C(Nc1ccc2c3c(c(=O)[nH]c2c1)CCC3)c1cc([N+](=O)[O-])ccc1Cl. The summed E-state index contributed by atoms with van der Waals surface area (Å²) in [6.07, 6.45) is 2.61. The van der Waals surface area contributed by atoms with Crippen LogP contribution >= 0.6 is 11.6 Å². The first-order valence-corrected chi connectivity index (χ1v) is 8.75. The van der Waals surface area contributed by atoms with Crippen LogP contribution < -0.4 is 10.9 Å². The molecule has 0 saturated carbocycles. The topological polar surface area (TPSA) is 105 Å². The third kappa shape index (κ3) is 3.06. The smallest absolute Gasteiger partial charge is 0.270 e. The van der Waals surface area contributed by atoms with Gasteiger partial charge in [-0.2, -0.15) is 0 Å². The van der Waals surface area contributed by atoms with Gasteiger partial charge in [0.25, 0.3) is 17.2 Å². The van der Waals surface area contributed by atoms with Gasteiger partial charge in [-0.15, -0.1) is 0 Å². The fraction of sp³-hybridized carbons (Fsp3) is 0.158. The monoisotopic (exact) mass is 383 g/mol.